The molecule has 167 valence electrons. The Morgan fingerprint density at radius 3 is 2.44 bits per heavy atom. The van der Waals surface area contributed by atoms with E-state index >= 15 is 0 Å². The van der Waals surface area contributed by atoms with E-state index < -0.39 is 11.8 Å². The number of aromatic amines is 1. The number of nitrogens with two attached hydrogens (primary N) is 1. The zero-order valence-corrected chi connectivity index (χ0v) is 18.5. The van der Waals surface area contributed by atoms with E-state index in [1.54, 1.807) is 11.8 Å². The second-order valence-electron chi connectivity index (χ2n) is 7.82. The largest absolute Gasteiger partial charge is 0.369 e. The number of nitrogens with zero attached hydrogens (tertiary/aromatic N) is 4. The normalized spacial score (nSPS) is 11.8. The molecule has 1 atom stereocenters. The van der Waals surface area contributed by atoms with E-state index in [4.69, 9.17) is 5.73 Å². The summed E-state index contributed by atoms with van der Waals surface area (Å²) in [5.41, 5.74) is 9.29. The van der Waals surface area contributed by atoms with Crippen molar-refractivity contribution in [1.82, 2.24) is 25.5 Å². The van der Waals surface area contributed by atoms with Gasteiger partial charge in [0.1, 0.15) is 0 Å². The van der Waals surface area contributed by atoms with Crippen molar-refractivity contribution in [2.75, 3.05) is 6.54 Å². The number of rotatable bonds is 11. The van der Waals surface area contributed by atoms with Gasteiger partial charge in [0.2, 0.25) is 11.8 Å². The maximum absolute atomic E-state index is 12.8. The van der Waals surface area contributed by atoms with Gasteiger partial charge in [-0.05, 0) is 33.5 Å². The molecule has 8 heteroatoms. The van der Waals surface area contributed by atoms with Crippen molar-refractivity contribution in [3.63, 3.8) is 0 Å². The lowest BCUT2D eigenvalue weighted by molar-refractivity contribution is -0.131. The van der Waals surface area contributed by atoms with Crippen LogP contribution in [-0.2, 0) is 16.1 Å². The molecule has 32 heavy (non-hydrogen) atoms. The van der Waals surface area contributed by atoms with Crippen molar-refractivity contribution >= 4 is 11.8 Å². The van der Waals surface area contributed by atoms with Crippen LogP contribution in [-0.4, -0.2) is 43.9 Å². The van der Waals surface area contributed by atoms with E-state index in [0.717, 1.165) is 41.5 Å². The number of nitrogens with one attached hydrogen (secondary N) is 1. The van der Waals surface area contributed by atoms with Crippen LogP contribution in [0.4, 0.5) is 0 Å². The Morgan fingerprint density at radius 2 is 1.81 bits per heavy atom. The summed E-state index contributed by atoms with van der Waals surface area (Å²) in [5.74, 6) is -0.659. The van der Waals surface area contributed by atoms with E-state index in [9.17, 15) is 9.59 Å². The third-order valence-corrected chi connectivity index (χ3v) is 5.35. The molecule has 0 spiro atoms. The van der Waals surface area contributed by atoms with Crippen LogP contribution in [0.2, 0.25) is 0 Å². The number of benzene rings is 2. The highest BCUT2D eigenvalue weighted by atomic mass is 16.2. The molecule has 0 unspecified atom stereocenters. The average molecular weight is 434 g/mol. The maximum atomic E-state index is 12.8. The molecule has 0 saturated carbocycles. The number of hydrogen-bond acceptors (Lipinski definition) is 5. The molecule has 0 saturated heterocycles. The molecule has 0 bridgehead atoms. The number of hydrogen-bond donors (Lipinski definition) is 2. The average Bonchev–Trinajstić information content (AvgIpc) is 3.34. The minimum atomic E-state index is -0.597. The summed E-state index contributed by atoms with van der Waals surface area (Å²) in [6.07, 6.45) is 4.43. The van der Waals surface area contributed by atoms with E-state index in [2.05, 4.69) is 27.5 Å². The zero-order valence-electron chi connectivity index (χ0n) is 18.5. The molecular formula is C24H29N6O2. The number of carbonyl (C=O) groups is 2. The maximum Gasteiger partial charge on any atom is 0.227 e. The van der Waals surface area contributed by atoms with Crippen LogP contribution < -0.4 is 5.73 Å². The van der Waals surface area contributed by atoms with Gasteiger partial charge in [-0.15, -0.1) is 5.10 Å². The molecule has 1 radical (unpaired) electrons. The molecule has 0 aliphatic rings. The molecule has 0 aliphatic carbocycles. The number of primary amides is 1. The number of amides is 2. The number of H-pyrrole nitrogens is 1. The monoisotopic (exact) mass is 433 g/mol. The molecule has 1 heterocycles. The van der Waals surface area contributed by atoms with Crippen molar-refractivity contribution in [3.05, 3.63) is 60.5 Å². The molecule has 2 aromatic carbocycles. The summed E-state index contributed by atoms with van der Waals surface area (Å²) < 4.78 is 0. The van der Waals surface area contributed by atoms with Gasteiger partial charge < -0.3 is 10.6 Å². The first-order valence-electron chi connectivity index (χ1n) is 10.8. The fraction of sp³-hybridized carbons (Fsp3) is 0.333. The van der Waals surface area contributed by atoms with Crippen LogP contribution in [0.25, 0.3) is 22.5 Å². The lowest BCUT2D eigenvalue weighted by Crippen LogP contribution is -2.35. The SMILES string of the molecule is CCCCCN(Cc1ccc(-c2ccccc2-c2nnn[nH]2)cc1)C(=O)[CH][C@H](C)C(N)=O. The molecule has 8 nitrogen and oxygen atoms in total. The minimum Gasteiger partial charge on any atom is -0.369 e. The summed E-state index contributed by atoms with van der Waals surface area (Å²) in [6.45, 7) is 4.87. The van der Waals surface area contributed by atoms with Gasteiger partial charge in [0.15, 0.2) is 5.82 Å². The standard InChI is InChI=1S/C24H29N6O2/c1-3-4-7-14-30(22(31)15-17(2)23(25)32)16-18-10-12-19(13-11-18)20-8-5-6-9-21(20)24-26-28-29-27-24/h5-6,8-13,15,17H,3-4,7,14,16H2,1-2H3,(H2,25,32)(H,26,27,28,29)/t17-/m0/s1. The van der Waals surface area contributed by atoms with E-state index in [1.165, 1.54) is 6.42 Å². The summed E-state index contributed by atoms with van der Waals surface area (Å²) in [4.78, 5) is 25.9. The lowest BCUT2D eigenvalue weighted by Gasteiger charge is -2.24. The molecule has 0 aliphatic heterocycles. The van der Waals surface area contributed by atoms with Crippen molar-refractivity contribution in [2.45, 2.75) is 39.7 Å². The Morgan fingerprint density at radius 1 is 1.09 bits per heavy atom. The van der Waals surface area contributed by atoms with Gasteiger partial charge >= 0.3 is 0 Å². The quantitative estimate of drug-likeness (QED) is 0.450. The molecular weight excluding hydrogens is 404 g/mol. The highest BCUT2D eigenvalue weighted by Crippen LogP contribution is 2.29. The van der Waals surface area contributed by atoms with Crippen molar-refractivity contribution in [1.29, 1.82) is 0 Å². The first kappa shape index (κ1) is 23.1. The number of tetrazole rings is 1. The third kappa shape index (κ3) is 6.00. The lowest BCUT2D eigenvalue weighted by atomic mass is 9.98. The molecule has 3 rings (SSSR count). The van der Waals surface area contributed by atoms with Gasteiger partial charge in [-0.25, -0.2) is 5.10 Å². The third-order valence-electron chi connectivity index (χ3n) is 5.35. The fourth-order valence-corrected chi connectivity index (χ4v) is 3.45. The summed E-state index contributed by atoms with van der Waals surface area (Å²) in [5, 5.41) is 14.2. The Hall–Kier alpha value is -3.55. The Bertz CT molecular complexity index is 1020. The Labute approximate surface area is 188 Å². The zero-order chi connectivity index (χ0) is 22.9. The second kappa shape index (κ2) is 11.2. The number of unbranched alkanes of at least 4 members (excludes halogenated alkanes) is 2. The van der Waals surface area contributed by atoms with E-state index in [-0.39, 0.29) is 5.91 Å². The van der Waals surface area contributed by atoms with Crippen molar-refractivity contribution < 1.29 is 9.59 Å². The van der Waals surface area contributed by atoms with E-state index in [1.807, 2.05) is 48.5 Å². The van der Waals surface area contributed by atoms with E-state index in [0.29, 0.717) is 18.9 Å². The molecule has 2 amide bonds. The number of carbonyl (C=O) groups excluding carboxylic acids is 2. The fourth-order valence-electron chi connectivity index (χ4n) is 3.45. The summed E-state index contributed by atoms with van der Waals surface area (Å²) >= 11 is 0. The smallest absolute Gasteiger partial charge is 0.227 e. The summed E-state index contributed by atoms with van der Waals surface area (Å²) in [6, 6.07) is 16.0. The Balaban J connectivity index is 1.76. The van der Waals surface area contributed by atoms with Crippen LogP contribution in [0.5, 0.6) is 0 Å². The van der Waals surface area contributed by atoms with Gasteiger partial charge in [0.05, 0.1) is 6.42 Å². The topological polar surface area (TPSA) is 118 Å². The van der Waals surface area contributed by atoms with Crippen molar-refractivity contribution in [3.8, 4) is 22.5 Å². The summed E-state index contributed by atoms with van der Waals surface area (Å²) in [7, 11) is 0. The van der Waals surface area contributed by atoms with Crippen LogP contribution >= 0.6 is 0 Å². The van der Waals surface area contributed by atoms with Crippen LogP contribution in [0.15, 0.2) is 48.5 Å². The van der Waals surface area contributed by atoms with Gasteiger partial charge in [-0.2, -0.15) is 0 Å². The van der Waals surface area contributed by atoms with Crippen LogP contribution in [0.3, 0.4) is 0 Å². The highest BCUT2D eigenvalue weighted by Gasteiger charge is 2.20. The van der Waals surface area contributed by atoms with Gasteiger partial charge in [0, 0.05) is 24.6 Å². The molecule has 1 aromatic heterocycles. The highest BCUT2D eigenvalue weighted by molar-refractivity contribution is 5.91. The van der Waals surface area contributed by atoms with Crippen LogP contribution in [0.1, 0.15) is 38.7 Å². The van der Waals surface area contributed by atoms with Gasteiger partial charge in [0.25, 0.3) is 0 Å². The van der Waals surface area contributed by atoms with Gasteiger partial charge in [-0.3, -0.25) is 9.59 Å². The Kier molecular flexibility index (Phi) is 8.08. The predicted octanol–water partition coefficient (Wildman–Crippen LogP) is 3.38. The van der Waals surface area contributed by atoms with Gasteiger partial charge in [-0.1, -0.05) is 75.2 Å². The second-order valence-corrected chi connectivity index (χ2v) is 7.82. The predicted molar refractivity (Wildman–Crippen MR) is 123 cm³/mol. The first-order valence-corrected chi connectivity index (χ1v) is 10.8. The van der Waals surface area contributed by atoms with Crippen molar-refractivity contribution in [2.24, 2.45) is 11.7 Å². The number of aromatic nitrogens is 4. The molecule has 3 aromatic rings. The molecule has 3 N–H and O–H groups in total. The minimum absolute atomic E-state index is 0.167. The van der Waals surface area contributed by atoms with Crippen LogP contribution in [0, 0.1) is 12.3 Å². The molecule has 0 fully saturated rings. The first-order chi connectivity index (χ1) is 15.5.